The second-order valence-corrected chi connectivity index (χ2v) is 6.54. The van der Waals surface area contributed by atoms with Crippen molar-refractivity contribution in [3.63, 3.8) is 0 Å². The van der Waals surface area contributed by atoms with E-state index in [1.54, 1.807) is 0 Å². The van der Waals surface area contributed by atoms with Gasteiger partial charge in [0.2, 0.25) is 0 Å². The summed E-state index contributed by atoms with van der Waals surface area (Å²) in [6.07, 6.45) is 1.84. The predicted octanol–water partition coefficient (Wildman–Crippen LogP) is 0.925. The van der Waals surface area contributed by atoms with E-state index in [1.807, 2.05) is 6.66 Å². The van der Waals surface area contributed by atoms with Gasteiger partial charge in [0, 0.05) is 25.4 Å². The molecule has 0 atom stereocenters. The van der Waals surface area contributed by atoms with Crippen LogP contribution in [0.5, 0.6) is 0 Å². The molecule has 0 aromatic rings. The van der Waals surface area contributed by atoms with Crippen molar-refractivity contribution in [2.75, 3.05) is 39.1 Å². The monoisotopic (exact) mass is 147 g/mol. The van der Waals surface area contributed by atoms with Crippen LogP contribution in [0.2, 0.25) is 0 Å². The predicted molar refractivity (Wildman–Crippen MR) is 40.8 cm³/mol. The van der Waals surface area contributed by atoms with Crippen LogP contribution in [0.3, 0.4) is 0 Å². The van der Waals surface area contributed by atoms with Crippen LogP contribution in [0.15, 0.2) is 0 Å². The van der Waals surface area contributed by atoms with E-state index in [0.29, 0.717) is 0 Å². The van der Waals surface area contributed by atoms with E-state index in [9.17, 15) is 4.57 Å². The van der Waals surface area contributed by atoms with Crippen molar-refractivity contribution in [1.82, 2.24) is 4.90 Å². The summed E-state index contributed by atoms with van der Waals surface area (Å²) in [6.45, 7) is 3.96. The topological polar surface area (TPSA) is 20.3 Å². The van der Waals surface area contributed by atoms with E-state index in [-0.39, 0.29) is 0 Å². The molecule has 0 aliphatic carbocycles. The van der Waals surface area contributed by atoms with Gasteiger partial charge in [0.25, 0.3) is 0 Å². The molecule has 0 aromatic heterocycles. The van der Waals surface area contributed by atoms with Crippen LogP contribution in [-0.4, -0.2) is 44.0 Å². The molecule has 1 rings (SSSR count). The zero-order chi connectivity index (χ0) is 6.91. The summed E-state index contributed by atoms with van der Waals surface area (Å²) in [5.74, 6) is 0. The van der Waals surface area contributed by atoms with Gasteiger partial charge in [0.15, 0.2) is 0 Å². The van der Waals surface area contributed by atoms with Gasteiger partial charge >= 0.3 is 0 Å². The molecule has 0 aromatic carbocycles. The SMILES string of the molecule is CN1CCP(C)(=O)CC1. The van der Waals surface area contributed by atoms with Crippen LogP contribution < -0.4 is 0 Å². The van der Waals surface area contributed by atoms with Gasteiger partial charge in [-0.3, -0.25) is 0 Å². The summed E-state index contributed by atoms with van der Waals surface area (Å²) in [6, 6.07) is 0. The summed E-state index contributed by atoms with van der Waals surface area (Å²) in [5, 5.41) is 0. The average Bonchev–Trinajstić information content (AvgIpc) is 1.78. The Hall–Kier alpha value is 0.190. The fraction of sp³-hybridized carbons (Fsp3) is 1.00. The second-order valence-electron chi connectivity index (χ2n) is 3.05. The number of nitrogens with zero attached hydrogens (tertiary/aromatic N) is 1. The van der Waals surface area contributed by atoms with Crippen molar-refractivity contribution < 1.29 is 4.57 Å². The maximum absolute atomic E-state index is 11.4. The first kappa shape index (κ1) is 7.30. The molecule has 0 N–H and O–H groups in total. The molecule has 0 bridgehead atoms. The molecule has 0 saturated carbocycles. The first-order valence-electron chi connectivity index (χ1n) is 3.34. The van der Waals surface area contributed by atoms with Crippen molar-refractivity contribution in [1.29, 1.82) is 0 Å². The Balaban J connectivity index is 2.44. The lowest BCUT2D eigenvalue weighted by Crippen LogP contribution is -2.30. The van der Waals surface area contributed by atoms with E-state index < -0.39 is 7.14 Å². The molecule has 9 heavy (non-hydrogen) atoms. The Morgan fingerprint density at radius 2 is 1.78 bits per heavy atom. The third-order valence-electron chi connectivity index (χ3n) is 1.91. The van der Waals surface area contributed by atoms with Gasteiger partial charge in [-0.05, 0) is 13.7 Å². The minimum Gasteiger partial charge on any atom is -0.324 e. The largest absolute Gasteiger partial charge is 0.324 e. The molecular formula is C6H14NOP. The molecule has 0 radical (unpaired) electrons. The maximum atomic E-state index is 11.4. The molecule has 1 aliphatic heterocycles. The molecule has 0 spiro atoms. The van der Waals surface area contributed by atoms with E-state index >= 15 is 0 Å². The van der Waals surface area contributed by atoms with Gasteiger partial charge < -0.3 is 9.46 Å². The first-order valence-corrected chi connectivity index (χ1v) is 5.87. The molecule has 1 fully saturated rings. The van der Waals surface area contributed by atoms with Gasteiger partial charge in [-0.2, -0.15) is 0 Å². The third-order valence-corrected chi connectivity index (χ3v) is 4.20. The standard InChI is InChI=1S/C6H14NOP/c1-7-3-5-9(2,8)6-4-7/h3-6H2,1-2H3. The highest BCUT2D eigenvalue weighted by Crippen LogP contribution is 2.42. The molecule has 0 unspecified atom stereocenters. The number of hydrogen-bond acceptors (Lipinski definition) is 2. The van der Waals surface area contributed by atoms with Crippen LogP contribution in [0, 0.1) is 0 Å². The molecule has 2 nitrogen and oxygen atoms in total. The van der Waals surface area contributed by atoms with Crippen LogP contribution >= 0.6 is 7.14 Å². The van der Waals surface area contributed by atoms with E-state index in [4.69, 9.17) is 0 Å². The lowest BCUT2D eigenvalue weighted by Gasteiger charge is -2.26. The zero-order valence-electron chi connectivity index (χ0n) is 6.13. The van der Waals surface area contributed by atoms with Crippen molar-refractivity contribution in [3.05, 3.63) is 0 Å². The van der Waals surface area contributed by atoms with Gasteiger partial charge in [0.1, 0.15) is 0 Å². The minimum absolute atomic E-state index is 0.920. The summed E-state index contributed by atoms with van der Waals surface area (Å²) in [5.41, 5.74) is 0. The van der Waals surface area contributed by atoms with Crippen LogP contribution in [-0.2, 0) is 4.57 Å². The second kappa shape index (κ2) is 2.43. The van der Waals surface area contributed by atoms with Crippen LogP contribution in [0.4, 0.5) is 0 Å². The van der Waals surface area contributed by atoms with Crippen LogP contribution in [0.1, 0.15) is 0 Å². The number of rotatable bonds is 0. The van der Waals surface area contributed by atoms with E-state index in [2.05, 4.69) is 11.9 Å². The highest BCUT2D eigenvalue weighted by molar-refractivity contribution is 7.63. The quantitative estimate of drug-likeness (QED) is 0.475. The molecule has 1 saturated heterocycles. The van der Waals surface area contributed by atoms with E-state index in [1.165, 1.54) is 0 Å². The van der Waals surface area contributed by atoms with Crippen molar-refractivity contribution in [2.24, 2.45) is 0 Å². The molecule has 0 amide bonds. The van der Waals surface area contributed by atoms with Crippen LogP contribution in [0.25, 0.3) is 0 Å². The molecule has 54 valence electrons. The van der Waals surface area contributed by atoms with Crippen molar-refractivity contribution >= 4 is 7.14 Å². The third kappa shape index (κ3) is 2.11. The summed E-state index contributed by atoms with van der Waals surface area (Å²) in [4.78, 5) is 2.24. The lowest BCUT2D eigenvalue weighted by molar-refractivity contribution is 0.360. The first-order chi connectivity index (χ1) is 4.10. The fourth-order valence-corrected chi connectivity index (χ4v) is 2.74. The zero-order valence-corrected chi connectivity index (χ0v) is 7.03. The number of hydrogen-bond donors (Lipinski definition) is 0. The Labute approximate surface area is 56.6 Å². The normalized spacial score (nSPS) is 28.2. The average molecular weight is 147 g/mol. The molecular weight excluding hydrogens is 133 g/mol. The fourth-order valence-electron chi connectivity index (χ4n) is 0.988. The highest BCUT2D eigenvalue weighted by atomic mass is 31.2. The summed E-state index contributed by atoms with van der Waals surface area (Å²) >= 11 is 0. The smallest absolute Gasteiger partial charge is 0.0873 e. The summed E-state index contributed by atoms with van der Waals surface area (Å²) < 4.78 is 11.4. The Kier molecular flexibility index (Phi) is 1.97. The van der Waals surface area contributed by atoms with Gasteiger partial charge in [-0.15, -0.1) is 0 Å². The van der Waals surface area contributed by atoms with Crippen molar-refractivity contribution in [2.45, 2.75) is 0 Å². The summed E-state index contributed by atoms with van der Waals surface area (Å²) in [7, 11) is 0.417. The van der Waals surface area contributed by atoms with Gasteiger partial charge in [-0.25, -0.2) is 0 Å². The van der Waals surface area contributed by atoms with Gasteiger partial charge in [0.05, 0.1) is 7.14 Å². The molecule has 3 heteroatoms. The minimum atomic E-state index is -1.67. The highest BCUT2D eigenvalue weighted by Gasteiger charge is 2.20. The Morgan fingerprint density at radius 3 is 2.11 bits per heavy atom. The maximum Gasteiger partial charge on any atom is 0.0873 e. The molecule has 1 aliphatic rings. The lowest BCUT2D eigenvalue weighted by atomic mass is 10.6. The molecule has 1 heterocycles. The Bertz CT molecular complexity index is 134. The van der Waals surface area contributed by atoms with Crippen molar-refractivity contribution in [3.8, 4) is 0 Å². The van der Waals surface area contributed by atoms with E-state index in [0.717, 1.165) is 25.4 Å². The van der Waals surface area contributed by atoms with Gasteiger partial charge in [-0.1, -0.05) is 0 Å². The Morgan fingerprint density at radius 1 is 1.33 bits per heavy atom.